The van der Waals surface area contributed by atoms with Crippen molar-refractivity contribution >= 4 is 0 Å². The lowest BCUT2D eigenvalue weighted by molar-refractivity contribution is 0.111. The molecule has 0 N–H and O–H groups in total. The molecule has 0 radical (unpaired) electrons. The molecule has 7 heterocycles. The Kier molecular flexibility index (Phi) is 22.3. The Morgan fingerprint density at radius 2 is 0.891 bits per heavy atom. The normalized spacial score (nSPS) is 13.6. The second-order valence-corrected chi connectivity index (χ2v) is 22.8. The fraction of sp³-hybridized carbons (Fsp3) is 0.673. The Labute approximate surface area is 388 Å². The molecule has 1 saturated heterocycles. The average molecular weight is 888 g/mol. The third-order valence-corrected chi connectivity index (χ3v) is 9.39. The van der Waals surface area contributed by atoms with Crippen LogP contribution in [-0.2, 0) is 33.2 Å². The van der Waals surface area contributed by atoms with Gasteiger partial charge in [-0.3, -0.25) is 9.58 Å². The molecule has 15 heteroatoms. The summed E-state index contributed by atoms with van der Waals surface area (Å²) >= 11 is 0. The quantitative estimate of drug-likeness (QED) is 0.146. The van der Waals surface area contributed by atoms with E-state index in [1.54, 1.807) is 48.4 Å². The van der Waals surface area contributed by atoms with Crippen molar-refractivity contribution in [3.63, 3.8) is 0 Å². The molecule has 360 valence electrons. The van der Waals surface area contributed by atoms with Gasteiger partial charge >= 0.3 is 0 Å². The maximum atomic E-state index is 4.10. The van der Waals surface area contributed by atoms with Crippen LogP contribution in [0.2, 0.25) is 0 Å². The van der Waals surface area contributed by atoms with Crippen molar-refractivity contribution in [1.29, 1.82) is 0 Å². The van der Waals surface area contributed by atoms with Gasteiger partial charge in [-0.2, -0.15) is 25.2 Å². The molecule has 6 aromatic heterocycles. The van der Waals surface area contributed by atoms with E-state index in [0.29, 0.717) is 5.54 Å². The van der Waals surface area contributed by atoms with E-state index in [0.717, 1.165) is 0 Å². The minimum absolute atomic E-state index is 0.0174. The summed E-state index contributed by atoms with van der Waals surface area (Å²) in [6.45, 7) is 47.6. The van der Waals surface area contributed by atoms with Crippen LogP contribution >= 0.6 is 0 Å². The molecule has 0 bridgehead atoms. The Balaban J connectivity index is 0.000000373. The van der Waals surface area contributed by atoms with E-state index in [-0.39, 0.29) is 33.2 Å². The highest BCUT2D eigenvalue weighted by molar-refractivity contribution is 4.94. The topological polar surface area (TPSA) is 136 Å². The molecule has 1 aliphatic heterocycles. The molecule has 0 unspecified atom stereocenters. The molecule has 6 aromatic rings. The fourth-order valence-corrected chi connectivity index (χ4v) is 5.35. The SMILES string of the molecule is CC(C)(C)N1CCCCC1.CC(C)(C)n1cccc1.CC(C)(C)n1cccn1.CC(C)(C)n1ccnc1.CC(C)(C)n1ccnn1.CC(C)(C)n1cncn1.CC(C)(C)n1nccn1. The standard InChI is InChI=1S/C9H19N.C8H13N.2C7H12N2.3C6H11N3/c1-9(2,3)10-7-5-4-6-8-10;1-8(2,3)9-6-4-5-7-9;1-7(2,3)9-5-4-8-6-9;1-7(2,3)9-6-4-5-8-9;1-6(2,3)9-5-7-4-8-9;1-6(2,3)9-5-4-7-8-9;1-6(2,3)9-7-4-5-8-9/h4-8H2,1-3H3;4-7H,1-3H3;2*4-6H,1-3H3;3*4-5H,1-3H3. The number of nitrogens with zero attached hydrogens (tertiary/aromatic N) is 15. The summed E-state index contributed by atoms with van der Waals surface area (Å²) < 4.78 is 9.85. The highest BCUT2D eigenvalue weighted by Crippen LogP contribution is 2.19. The first-order chi connectivity index (χ1) is 29.2. The molecule has 1 aliphatic rings. The monoisotopic (exact) mass is 888 g/mol. The number of likely N-dealkylation sites (tertiary alicyclic amines) is 1. The Bertz CT molecular complexity index is 1590. The second kappa shape index (κ2) is 25.0. The maximum absolute atomic E-state index is 4.10. The van der Waals surface area contributed by atoms with Crippen LogP contribution in [0.15, 0.2) is 99.1 Å². The first-order valence-electron chi connectivity index (χ1n) is 22.7. The van der Waals surface area contributed by atoms with Gasteiger partial charge in [-0.1, -0.05) is 11.6 Å². The summed E-state index contributed by atoms with van der Waals surface area (Å²) in [7, 11) is 0. The van der Waals surface area contributed by atoms with Crippen LogP contribution in [0.3, 0.4) is 0 Å². The zero-order valence-corrected chi connectivity index (χ0v) is 44.0. The first-order valence-corrected chi connectivity index (χ1v) is 22.7. The Morgan fingerprint density at radius 3 is 1.12 bits per heavy atom. The van der Waals surface area contributed by atoms with Crippen molar-refractivity contribution in [3.8, 4) is 0 Å². The molecule has 0 atom stereocenters. The number of hydrogen-bond acceptors (Lipinski definition) is 9. The van der Waals surface area contributed by atoms with Gasteiger partial charge in [-0.15, -0.1) is 5.10 Å². The summed E-state index contributed by atoms with van der Waals surface area (Å²) in [5.74, 6) is 0. The van der Waals surface area contributed by atoms with Crippen LogP contribution in [0, 0.1) is 0 Å². The van der Waals surface area contributed by atoms with Crippen LogP contribution in [-0.4, -0.2) is 92.2 Å². The van der Waals surface area contributed by atoms with Gasteiger partial charge < -0.3 is 9.13 Å². The predicted octanol–water partition coefficient (Wildman–Crippen LogP) is 10.9. The summed E-state index contributed by atoms with van der Waals surface area (Å²) in [6, 6.07) is 6.03. The van der Waals surface area contributed by atoms with Crippen molar-refractivity contribution < 1.29 is 0 Å². The molecule has 0 saturated carbocycles. The van der Waals surface area contributed by atoms with Crippen LogP contribution in [0.5, 0.6) is 0 Å². The van der Waals surface area contributed by atoms with E-state index >= 15 is 0 Å². The minimum atomic E-state index is 0.0174. The fourth-order valence-electron chi connectivity index (χ4n) is 5.35. The summed E-state index contributed by atoms with van der Waals surface area (Å²) in [6.07, 6.45) is 28.0. The molecule has 64 heavy (non-hydrogen) atoms. The average Bonchev–Trinajstić information content (AvgIpc) is 4.02. The number of imidazole rings is 1. The largest absolute Gasteiger partial charge is 0.349 e. The first kappa shape index (κ1) is 57.1. The van der Waals surface area contributed by atoms with Gasteiger partial charge in [0.1, 0.15) is 12.7 Å². The Morgan fingerprint density at radius 1 is 0.359 bits per heavy atom. The maximum Gasteiger partial charge on any atom is 0.137 e. The van der Waals surface area contributed by atoms with Gasteiger partial charge in [0.2, 0.25) is 0 Å². The number of piperidine rings is 1. The van der Waals surface area contributed by atoms with E-state index in [2.05, 4.69) is 213 Å². The number of hydrogen-bond donors (Lipinski definition) is 0. The minimum Gasteiger partial charge on any atom is -0.349 e. The van der Waals surface area contributed by atoms with Crippen molar-refractivity contribution in [1.82, 2.24) is 73.6 Å². The van der Waals surface area contributed by atoms with Gasteiger partial charge in [0.15, 0.2) is 0 Å². The third kappa shape index (κ3) is 23.7. The van der Waals surface area contributed by atoms with Gasteiger partial charge in [0.25, 0.3) is 0 Å². The summed E-state index contributed by atoms with van der Waals surface area (Å²) in [5, 5.41) is 23.6. The van der Waals surface area contributed by atoms with Crippen molar-refractivity contribution in [3.05, 3.63) is 99.1 Å². The van der Waals surface area contributed by atoms with Gasteiger partial charge in [-0.25, -0.2) is 19.3 Å². The van der Waals surface area contributed by atoms with E-state index in [9.17, 15) is 0 Å². The molecular weight excluding hydrogens is 799 g/mol. The lowest BCUT2D eigenvalue weighted by Gasteiger charge is -2.38. The van der Waals surface area contributed by atoms with Gasteiger partial charge in [0, 0.05) is 60.0 Å². The highest BCUT2D eigenvalue weighted by atomic mass is 15.5. The molecule has 1 fully saturated rings. The second-order valence-electron chi connectivity index (χ2n) is 22.8. The number of aromatic nitrogens is 14. The van der Waals surface area contributed by atoms with Gasteiger partial charge in [0.05, 0.1) is 47.1 Å². The molecule has 0 aromatic carbocycles. The molecule has 0 aliphatic carbocycles. The van der Waals surface area contributed by atoms with Crippen LogP contribution in [0.1, 0.15) is 165 Å². The lowest BCUT2D eigenvalue weighted by Crippen LogP contribution is -2.44. The van der Waals surface area contributed by atoms with Crippen molar-refractivity contribution in [2.45, 2.75) is 203 Å². The van der Waals surface area contributed by atoms with Crippen LogP contribution in [0.25, 0.3) is 0 Å². The molecular formula is C49H89N15. The van der Waals surface area contributed by atoms with Crippen LogP contribution < -0.4 is 0 Å². The van der Waals surface area contributed by atoms with E-state index in [4.69, 9.17) is 0 Å². The molecule has 0 amide bonds. The Hall–Kier alpha value is -4.92. The summed E-state index contributed by atoms with van der Waals surface area (Å²) in [5.41, 5.74) is 1.10. The smallest absolute Gasteiger partial charge is 0.137 e. The van der Waals surface area contributed by atoms with Crippen molar-refractivity contribution in [2.75, 3.05) is 13.1 Å². The van der Waals surface area contributed by atoms with Crippen molar-refractivity contribution in [2.24, 2.45) is 0 Å². The zero-order valence-electron chi connectivity index (χ0n) is 44.0. The zero-order chi connectivity index (χ0) is 49.0. The molecule has 15 nitrogen and oxygen atoms in total. The van der Waals surface area contributed by atoms with E-state index in [1.165, 1.54) is 32.4 Å². The lowest BCUT2D eigenvalue weighted by atomic mass is 10.0. The van der Waals surface area contributed by atoms with Crippen LogP contribution in [0.4, 0.5) is 0 Å². The highest BCUT2D eigenvalue weighted by Gasteiger charge is 2.22. The predicted molar refractivity (Wildman–Crippen MR) is 264 cm³/mol. The van der Waals surface area contributed by atoms with E-state index < -0.39 is 0 Å². The summed E-state index contributed by atoms with van der Waals surface area (Å²) in [4.78, 5) is 12.1. The van der Waals surface area contributed by atoms with E-state index in [1.807, 2.05) is 57.2 Å². The van der Waals surface area contributed by atoms with Gasteiger partial charge in [-0.05, 0) is 190 Å². The molecule has 7 rings (SSSR count). The third-order valence-electron chi connectivity index (χ3n) is 9.39. The number of rotatable bonds is 0. The molecule has 0 spiro atoms.